The van der Waals surface area contributed by atoms with E-state index in [9.17, 15) is 14.4 Å². The lowest BCUT2D eigenvalue weighted by Crippen LogP contribution is -2.30. The van der Waals surface area contributed by atoms with E-state index in [-0.39, 0.29) is 34.9 Å². The van der Waals surface area contributed by atoms with Gasteiger partial charge in [-0.25, -0.2) is 4.98 Å². The van der Waals surface area contributed by atoms with Crippen LogP contribution in [0.5, 0.6) is 0 Å². The first kappa shape index (κ1) is 19.2. The third-order valence-corrected chi connectivity index (χ3v) is 5.44. The van der Waals surface area contributed by atoms with Crippen molar-refractivity contribution in [1.29, 1.82) is 0 Å². The van der Waals surface area contributed by atoms with Crippen molar-refractivity contribution in [3.8, 4) is 0 Å². The van der Waals surface area contributed by atoms with Crippen molar-refractivity contribution in [2.75, 3.05) is 11.1 Å². The molecule has 0 saturated heterocycles. The van der Waals surface area contributed by atoms with Crippen LogP contribution in [0.2, 0.25) is 0 Å². The number of nitrogens with two attached hydrogens (primary N) is 1. The molecule has 7 nitrogen and oxygen atoms in total. The van der Waals surface area contributed by atoms with Crippen LogP contribution >= 0.6 is 11.8 Å². The van der Waals surface area contributed by atoms with Crippen LogP contribution in [-0.2, 0) is 10.2 Å². The first-order valence-electron chi connectivity index (χ1n) is 8.62. The number of thioether (sulfide) groups is 1. The van der Waals surface area contributed by atoms with Crippen molar-refractivity contribution in [2.45, 2.75) is 43.8 Å². The number of anilines is 1. The highest BCUT2D eigenvalue weighted by molar-refractivity contribution is 7.99. The molecule has 0 spiro atoms. The van der Waals surface area contributed by atoms with Crippen LogP contribution in [0.15, 0.2) is 40.3 Å². The largest absolute Gasteiger partial charge is 0.366 e. The molecule has 1 aliphatic heterocycles. The molecule has 0 saturated carbocycles. The Labute approximate surface area is 161 Å². The number of fused-ring (bicyclic) bond motifs is 1. The lowest BCUT2D eigenvalue weighted by Gasteiger charge is -2.19. The highest BCUT2D eigenvalue weighted by atomic mass is 32.2. The fraction of sp³-hybridized carbons (Fsp3) is 0.368. The summed E-state index contributed by atoms with van der Waals surface area (Å²) in [7, 11) is 0. The molecular formula is C19H22N4O3S. The van der Waals surface area contributed by atoms with Gasteiger partial charge in [0.25, 0.3) is 11.5 Å². The summed E-state index contributed by atoms with van der Waals surface area (Å²) < 4.78 is 1.58. The molecule has 2 heterocycles. The minimum absolute atomic E-state index is 0.115. The van der Waals surface area contributed by atoms with E-state index < -0.39 is 5.91 Å². The number of nitrogens with one attached hydrogen (secondary N) is 1. The van der Waals surface area contributed by atoms with E-state index in [0.717, 1.165) is 5.69 Å². The monoisotopic (exact) mass is 386 g/mol. The summed E-state index contributed by atoms with van der Waals surface area (Å²) in [6.07, 6.45) is 0.115. The topological polar surface area (TPSA) is 107 Å². The summed E-state index contributed by atoms with van der Waals surface area (Å²) in [6, 6.07) is 7.84. The fourth-order valence-corrected chi connectivity index (χ4v) is 4.06. The van der Waals surface area contributed by atoms with Crippen molar-refractivity contribution < 1.29 is 9.59 Å². The average molecular weight is 386 g/mol. The smallest absolute Gasteiger partial charge is 0.254 e. The zero-order chi connectivity index (χ0) is 19.8. The third-order valence-electron chi connectivity index (χ3n) is 4.35. The molecular weight excluding hydrogens is 364 g/mol. The molecule has 0 bridgehead atoms. The van der Waals surface area contributed by atoms with Crippen molar-refractivity contribution in [3.63, 3.8) is 0 Å². The summed E-state index contributed by atoms with van der Waals surface area (Å²) in [5.41, 5.74) is 6.33. The number of rotatable bonds is 4. The molecule has 1 aromatic carbocycles. The van der Waals surface area contributed by atoms with Crippen LogP contribution in [0.3, 0.4) is 0 Å². The van der Waals surface area contributed by atoms with Crippen LogP contribution < -0.4 is 16.6 Å². The Balaban J connectivity index is 1.79. The van der Waals surface area contributed by atoms with Gasteiger partial charge in [-0.1, -0.05) is 44.7 Å². The van der Waals surface area contributed by atoms with Gasteiger partial charge < -0.3 is 11.1 Å². The lowest BCUT2D eigenvalue weighted by atomic mass is 9.92. The van der Waals surface area contributed by atoms with Crippen LogP contribution in [-0.4, -0.2) is 27.1 Å². The van der Waals surface area contributed by atoms with E-state index in [0.29, 0.717) is 16.6 Å². The van der Waals surface area contributed by atoms with Crippen LogP contribution in [0.1, 0.15) is 49.3 Å². The Morgan fingerprint density at radius 3 is 2.70 bits per heavy atom. The van der Waals surface area contributed by atoms with E-state index in [2.05, 4.69) is 10.3 Å². The molecule has 1 atom stereocenters. The van der Waals surface area contributed by atoms with E-state index in [1.54, 1.807) is 34.9 Å². The molecule has 142 valence electrons. The second-order valence-electron chi connectivity index (χ2n) is 7.51. The zero-order valence-corrected chi connectivity index (χ0v) is 16.3. The molecule has 3 rings (SSSR count). The van der Waals surface area contributed by atoms with Gasteiger partial charge in [-0.05, 0) is 12.1 Å². The maximum Gasteiger partial charge on any atom is 0.254 e. The molecule has 1 aliphatic rings. The highest BCUT2D eigenvalue weighted by Crippen LogP contribution is 2.33. The number of nitrogens with zero attached hydrogens (tertiary/aromatic N) is 2. The number of carbonyl (C=O) groups is 2. The van der Waals surface area contributed by atoms with Gasteiger partial charge in [-0.15, -0.1) is 0 Å². The molecule has 2 amide bonds. The molecule has 27 heavy (non-hydrogen) atoms. The van der Waals surface area contributed by atoms with Gasteiger partial charge >= 0.3 is 0 Å². The summed E-state index contributed by atoms with van der Waals surface area (Å²) in [6.45, 7) is 6.02. The van der Waals surface area contributed by atoms with E-state index in [4.69, 9.17) is 5.73 Å². The van der Waals surface area contributed by atoms with Gasteiger partial charge in [0.2, 0.25) is 5.91 Å². The normalized spacial score (nSPS) is 16.0. The highest BCUT2D eigenvalue weighted by Gasteiger charge is 2.29. The van der Waals surface area contributed by atoms with E-state index in [1.165, 1.54) is 11.8 Å². The SMILES string of the molecule is CC(C)(C)c1cc(=O)n2c(n1)SCC2CC(=O)Nc1ccccc1C(N)=O. The van der Waals surface area contributed by atoms with Gasteiger partial charge in [-0.3, -0.25) is 19.0 Å². The molecule has 0 aliphatic carbocycles. The van der Waals surface area contributed by atoms with E-state index >= 15 is 0 Å². The minimum atomic E-state index is -0.609. The standard InChI is InChI=1S/C19H22N4O3S/c1-19(2,3)14-9-16(25)23-11(10-27-18(23)22-14)8-15(24)21-13-7-5-4-6-12(13)17(20)26/h4-7,9,11H,8,10H2,1-3H3,(H2,20,26)(H,21,24). The molecule has 1 aromatic heterocycles. The first-order valence-corrected chi connectivity index (χ1v) is 9.61. The summed E-state index contributed by atoms with van der Waals surface area (Å²) in [5, 5.41) is 3.36. The number of amides is 2. The Bertz CT molecular complexity index is 962. The first-order chi connectivity index (χ1) is 12.7. The molecule has 3 N–H and O–H groups in total. The van der Waals surface area contributed by atoms with Crippen molar-refractivity contribution in [2.24, 2.45) is 5.73 Å². The van der Waals surface area contributed by atoms with Crippen LogP contribution in [0.25, 0.3) is 0 Å². The molecule has 0 radical (unpaired) electrons. The van der Waals surface area contributed by atoms with E-state index in [1.807, 2.05) is 20.8 Å². The number of hydrogen-bond donors (Lipinski definition) is 2. The molecule has 8 heteroatoms. The second-order valence-corrected chi connectivity index (χ2v) is 8.50. The minimum Gasteiger partial charge on any atom is -0.366 e. The van der Waals surface area contributed by atoms with Gasteiger partial charge in [0.1, 0.15) is 0 Å². The van der Waals surface area contributed by atoms with Gasteiger partial charge in [0, 0.05) is 23.7 Å². The Morgan fingerprint density at radius 1 is 1.33 bits per heavy atom. The average Bonchev–Trinajstić information content (AvgIpc) is 2.97. The summed E-state index contributed by atoms with van der Waals surface area (Å²) in [4.78, 5) is 41.2. The molecule has 0 fully saturated rings. The molecule has 2 aromatic rings. The van der Waals surface area contributed by atoms with Crippen LogP contribution in [0.4, 0.5) is 5.69 Å². The van der Waals surface area contributed by atoms with Gasteiger partial charge in [-0.2, -0.15) is 0 Å². The third kappa shape index (κ3) is 4.05. The number of benzene rings is 1. The summed E-state index contributed by atoms with van der Waals surface area (Å²) in [5.74, 6) is -0.294. The fourth-order valence-electron chi connectivity index (χ4n) is 2.91. The number of carbonyl (C=O) groups excluding carboxylic acids is 2. The molecule has 1 unspecified atom stereocenters. The maximum absolute atomic E-state index is 12.6. The number of hydrogen-bond acceptors (Lipinski definition) is 5. The summed E-state index contributed by atoms with van der Waals surface area (Å²) >= 11 is 1.47. The maximum atomic E-state index is 12.6. The predicted molar refractivity (Wildman–Crippen MR) is 105 cm³/mol. The predicted octanol–water partition coefficient (Wildman–Crippen LogP) is 2.32. The Morgan fingerprint density at radius 2 is 2.04 bits per heavy atom. The number of para-hydroxylation sites is 1. The second kappa shape index (κ2) is 7.19. The Hall–Kier alpha value is -2.61. The zero-order valence-electron chi connectivity index (χ0n) is 15.5. The van der Waals surface area contributed by atoms with Crippen molar-refractivity contribution >= 4 is 29.3 Å². The number of aromatic nitrogens is 2. The van der Waals surface area contributed by atoms with Gasteiger partial charge in [0.05, 0.1) is 23.0 Å². The van der Waals surface area contributed by atoms with Crippen molar-refractivity contribution in [3.05, 3.63) is 51.9 Å². The number of primary amides is 1. The lowest BCUT2D eigenvalue weighted by molar-refractivity contribution is -0.116. The van der Waals surface area contributed by atoms with Gasteiger partial charge in [0.15, 0.2) is 5.16 Å². The van der Waals surface area contributed by atoms with Crippen molar-refractivity contribution in [1.82, 2.24) is 9.55 Å². The van der Waals surface area contributed by atoms with Crippen LogP contribution in [0, 0.1) is 0 Å². The quantitative estimate of drug-likeness (QED) is 0.784. The Kier molecular flexibility index (Phi) is 5.10.